The first kappa shape index (κ1) is 11.3. The first-order chi connectivity index (χ1) is 7.13. The van der Waals surface area contributed by atoms with Crippen molar-refractivity contribution >= 4 is 23.4 Å². The number of hydrogen-bond donors (Lipinski definition) is 1. The third-order valence-electron chi connectivity index (χ3n) is 2.94. The highest BCUT2D eigenvalue weighted by Gasteiger charge is 2.41. The van der Waals surface area contributed by atoms with Gasteiger partial charge < -0.3 is 5.73 Å². The minimum atomic E-state index is 0.268. The monoisotopic (exact) mass is 241 g/mol. The van der Waals surface area contributed by atoms with E-state index in [4.69, 9.17) is 17.3 Å². The first-order valence-corrected chi connectivity index (χ1v) is 6.48. The highest BCUT2D eigenvalue weighted by Crippen LogP contribution is 2.50. The van der Waals surface area contributed by atoms with Crippen LogP contribution in [0, 0.1) is 5.92 Å². The average Bonchev–Trinajstić information content (AvgIpc) is 2.15. The highest BCUT2D eigenvalue weighted by molar-refractivity contribution is 8.00. The van der Waals surface area contributed by atoms with E-state index in [-0.39, 0.29) is 4.75 Å². The van der Waals surface area contributed by atoms with Crippen molar-refractivity contribution in [2.45, 2.75) is 29.4 Å². The first-order valence-electron chi connectivity index (χ1n) is 5.28. The molecule has 0 amide bonds. The van der Waals surface area contributed by atoms with Crippen LogP contribution in [0.25, 0.3) is 0 Å². The standard InChI is InChI=1S/C12H16ClNS/c1-9-6-12(7-9,8-14)15-11-4-2-3-10(13)5-11/h2-5,9H,6-8,14H2,1H3. The maximum atomic E-state index is 5.96. The summed E-state index contributed by atoms with van der Waals surface area (Å²) in [5.74, 6) is 0.820. The molecule has 1 aromatic carbocycles. The van der Waals surface area contributed by atoms with E-state index in [9.17, 15) is 0 Å². The molecule has 3 heteroatoms. The largest absolute Gasteiger partial charge is 0.329 e. The van der Waals surface area contributed by atoms with Gasteiger partial charge >= 0.3 is 0 Å². The van der Waals surface area contributed by atoms with E-state index in [1.165, 1.54) is 17.7 Å². The van der Waals surface area contributed by atoms with Gasteiger partial charge in [0, 0.05) is 21.2 Å². The Morgan fingerprint density at radius 3 is 2.80 bits per heavy atom. The Kier molecular flexibility index (Phi) is 3.29. The molecule has 0 heterocycles. The van der Waals surface area contributed by atoms with Gasteiger partial charge in [0.15, 0.2) is 0 Å². The number of rotatable bonds is 3. The van der Waals surface area contributed by atoms with Crippen molar-refractivity contribution in [3.8, 4) is 0 Å². The van der Waals surface area contributed by atoms with Crippen molar-refractivity contribution in [1.29, 1.82) is 0 Å². The molecule has 82 valence electrons. The Morgan fingerprint density at radius 2 is 2.27 bits per heavy atom. The van der Waals surface area contributed by atoms with Gasteiger partial charge in [0.2, 0.25) is 0 Å². The fraction of sp³-hybridized carbons (Fsp3) is 0.500. The predicted octanol–water partition coefficient (Wildman–Crippen LogP) is 3.56. The number of nitrogens with two attached hydrogens (primary N) is 1. The molecule has 1 saturated carbocycles. The third kappa shape index (κ3) is 2.49. The van der Waals surface area contributed by atoms with Crippen LogP contribution in [0.2, 0.25) is 5.02 Å². The molecule has 0 radical (unpaired) electrons. The van der Waals surface area contributed by atoms with Crippen molar-refractivity contribution in [1.82, 2.24) is 0 Å². The number of thioether (sulfide) groups is 1. The Hall–Kier alpha value is -0.180. The summed E-state index contributed by atoms with van der Waals surface area (Å²) in [7, 11) is 0. The highest BCUT2D eigenvalue weighted by atomic mass is 35.5. The summed E-state index contributed by atoms with van der Waals surface area (Å²) in [5.41, 5.74) is 5.86. The molecule has 0 aromatic heterocycles. The topological polar surface area (TPSA) is 26.0 Å². The molecule has 0 atom stereocenters. The van der Waals surface area contributed by atoms with Gasteiger partial charge in [0.25, 0.3) is 0 Å². The molecule has 1 fully saturated rings. The SMILES string of the molecule is CC1CC(CN)(Sc2cccc(Cl)c2)C1. The molecule has 1 aromatic rings. The minimum Gasteiger partial charge on any atom is -0.329 e. The van der Waals surface area contributed by atoms with Gasteiger partial charge in [-0.05, 0) is 37.0 Å². The van der Waals surface area contributed by atoms with Gasteiger partial charge in [-0.25, -0.2) is 0 Å². The maximum absolute atomic E-state index is 5.96. The summed E-state index contributed by atoms with van der Waals surface area (Å²) in [4.78, 5) is 1.24. The number of halogens is 1. The van der Waals surface area contributed by atoms with Gasteiger partial charge in [0.05, 0.1) is 0 Å². The average molecular weight is 242 g/mol. The van der Waals surface area contributed by atoms with E-state index in [0.717, 1.165) is 17.5 Å². The molecule has 0 unspecified atom stereocenters. The fourth-order valence-corrected chi connectivity index (χ4v) is 4.19. The lowest BCUT2D eigenvalue weighted by Gasteiger charge is -2.45. The van der Waals surface area contributed by atoms with Crippen molar-refractivity contribution in [3.63, 3.8) is 0 Å². The smallest absolute Gasteiger partial charge is 0.0417 e. The second-order valence-corrected chi connectivity index (χ2v) is 6.44. The Labute approximate surface area is 100 Å². The van der Waals surface area contributed by atoms with Crippen LogP contribution in [0.3, 0.4) is 0 Å². The lowest BCUT2D eigenvalue weighted by molar-refractivity contribution is 0.257. The van der Waals surface area contributed by atoms with Gasteiger partial charge in [0.1, 0.15) is 0 Å². The number of benzene rings is 1. The van der Waals surface area contributed by atoms with Crippen LogP contribution in [-0.2, 0) is 0 Å². The zero-order valence-corrected chi connectivity index (χ0v) is 10.4. The predicted molar refractivity (Wildman–Crippen MR) is 67.5 cm³/mol. The summed E-state index contributed by atoms with van der Waals surface area (Å²) < 4.78 is 0.268. The Balaban J connectivity index is 2.07. The molecule has 0 bridgehead atoms. The minimum absolute atomic E-state index is 0.268. The van der Waals surface area contributed by atoms with Gasteiger partial charge in [-0.2, -0.15) is 0 Å². The van der Waals surface area contributed by atoms with Crippen molar-refractivity contribution in [3.05, 3.63) is 29.3 Å². The van der Waals surface area contributed by atoms with E-state index >= 15 is 0 Å². The quantitative estimate of drug-likeness (QED) is 0.876. The molecule has 2 N–H and O–H groups in total. The molecule has 0 aliphatic heterocycles. The third-order valence-corrected chi connectivity index (χ3v) is 4.60. The lowest BCUT2D eigenvalue weighted by Crippen LogP contribution is -2.45. The second kappa shape index (κ2) is 4.36. The van der Waals surface area contributed by atoms with Crippen LogP contribution in [0.1, 0.15) is 19.8 Å². The van der Waals surface area contributed by atoms with E-state index < -0.39 is 0 Å². The Morgan fingerprint density at radius 1 is 1.53 bits per heavy atom. The molecule has 1 nitrogen and oxygen atoms in total. The van der Waals surface area contributed by atoms with Crippen molar-refractivity contribution < 1.29 is 0 Å². The second-order valence-electron chi connectivity index (χ2n) is 4.46. The molecular weight excluding hydrogens is 226 g/mol. The van der Waals surface area contributed by atoms with E-state index in [1.807, 2.05) is 30.0 Å². The van der Waals surface area contributed by atoms with Gasteiger partial charge in [-0.1, -0.05) is 24.6 Å². The molecule has 1 aliphatic carbocycles. The molecule has 0 spiro atoms. The van der Waals surface area contributed by atoms with Gasteiger partial charge in [-0.3, -0.25) is 0 Å². The van der Waals surface area contributed by atoms with Crippen molar-refractivity contribution in [2.75, 3.05) is 6.54 Å². The molecule has 1 aliphatic rings. The van der Waals surface area contributed by atoms with Crippen LogP contribution in [-0.4, -0.2) is 11.3 Å². The summed E-state index contributed by atoms with van der Waals surface area (Å²) in [6, 6.07) is 8.03. The normalized spacial score (nSPS) is 29.9. The summed E-state index contributed by atoms with van der Waals surface area (Å²) in [6.45, 7) is 3.04. The summed E-state index contributed by atoms with van der Waals surface area (Å²) in [5, 5.41) is 0.805. The summed E-state index contributed by atoms with van der Waals surface area (Å²) >= 11 is 7.85. The van der Waals surface area contributed by atoms with Crippen LogP contribution in [0.4, 0.5) is 0 Å². The van der Waals surface area contributed by atoms with E-state index in [2.05, 4.69) is 13.0 Å². The molecule has 0 saturated heterocycles. The van der Waals surface area contributed by atoms with E-state index in [0.29, 0.717) is 0 Å². The van der Waals surface area contributed by atoms with Crippen LogP contribution in [0.15, 0.2) is 29.2 Å². The summed E-state index contributed by atoms with van der Waals surface area (Å²) in [6.07, 6.45) is 2.45. The Bertz CT molecular complexity index is 347. The molecule has 15 heavy (non-hydrogen) atoms. The molecule has 2 rings (SSSR count). The van der Waals surface area contributed by atoms with Crippen LogP contribution < -0.4 is 5.73 Å². The van der Waals surface area contributed by atoms with Crippen molar-refractivity contribution in [2.24, 2.45) is 11.7 Å². The number of hydrogen-bond acceptors (Lipinski definition) is 2. The molecular formula is C12H16ClNS. The van der Waals surface area contributed by atoms with E-state index in [1.54, 1.807) is 0 Å². The zero-order chi connectivity index (χ0) is 10.9. The van der Waals surface area contributed by atoms with Gasteiger partial charge in [-0.15, -0.1) is 11.8 Å². The zero-order valence-electron chi connectivity index (χ0n) is 8.87. The van der Waals surface area contributed by atoms with Crippen LogP contribution in [0.5, 0.6) is 0 Å². The lowest BCUT2D eigenvalue weighted by atomic mass is 9.75. The fourth-order valence-electron chi connectivity index (χ4n) is 2.28. The maximum Gasteiger partial charge on any atom is 0.0417 e. The van der Waals surface area contributed by atoms with Crippen LogP contribution >= 0.6 is 23.4 Å².